The highest BCUT2D eigenvalue weighted by Crippen LogP contribution is 2.44. The molecule has 0 N–H and O–H groups in total. The molecule has 60 heavy (non-hydrogen) atoms. The molecule has 2 heteroatoms. The Kier molecular flexibility index (Phi) is 8.87. The van der Waals surface area contributed by atoms with Crippen LogP contribution in [0, 0.1) is 0 Å². The van der Waals surface area contributed by atoms with E-state index >= 15 is 0 Å². The second-order valence-corrected chi connectivity index (χ2v) is 15.3. The van der Waals surface area contributed by atoms with Crippen LogP contribution in [0.1, 0.15) is 0 Å². The Morgan fingerprint density at radius 3 is 1.48 bits per heavy atom. The Morgan fingerprint density at radius 2 is 0.767 bits per heavy atom. The standard InChI is InChI=1S/C58H39NO/c1-3-13-40(14-4-1)45-18-11-19-46(37-45)41-27-32-50(33-28-41)59(51-34-29-42(30-35-51)47-31-36-54-48(38-47)26-25-43-15-7-8-22-53(43)54)52-21-12-20-49(39-52)58-57(44-16-5-2-6-17-44)55-23-9-10-24-56(55)60-58/h1-39H. The first-order valence-corrected chi connectivity index (χ1v) is 20.5. The molecule has 0 unspecified atom stereocenters. The van der Waals surface area contributed by atoms with Gasteiger partial charge in [-0.25, -0.2) is 0 Å². The number of rotatable bonds is 8. The van der Waals surface area contributed by atoms with Crippen LogP contribution in [0.5, 0.6) is 0 Å². The fraction of sp³-hybridized carbons (Fsp3) is 0. The van der Waals surface area contributed by atoms with Crippen molar-refractivity contribution in [1.82, 2.24) is 0 Å². The molecule has 0 aliphatic rings. The van der Waals surface area contributed by atoms with Gasteiger partial charge in [-0.15, -0.1) is 0 Å². The third-order valence-electron chi connectivity index (χ3n) is 11.7. The maximum Gasteiger partial charge on any atom is 0.143 e. The quantitative estimate of drug-likeness (QED) is 0.143. The lowest BCUT2D eigenvalue weighted by molar-refractivity contribution is 0.632. The molecule has 0 saturated carbocycles. The van der Waals surface area contributed by atoms with E-state index < -0.39 is 0 Å². The number of nitrogens with zero attached hydrogens (tertiary/aromatic N) is 1. The fourth-order valence-electron chi connectivity index (χ4n) is 8.68. The molecule has 0 atom stereocenters. The summed E-state index contributed by atoms with van der Waals surface area (Å²) in [6, 6.07) is 84.7. The number of anilines is 3. The van der Waals surface area contributed by atoms with Crippen molar-refractivity contribution in [3.8, 4) is 55.8 Å². The van der Waals surface area contributed by atoms with Crippen molar-refractivity contribution < 1.29 is 4.42 Å². The average molecular weight is 766 g/mol. The first-order chi connectivity index (χ1) is 29.7. The van der Waals surface area contributed by atoms with Crippen LogP contribution >= 0.6 is 0 Å². The zero-order valence-corrected chi connectivity index (χ0v) is 32.9. The molecule has 11 rings (SSSR count). The van der Waals surface area contributed by atoms with Gasteiger partial charge in [-0.05, 0) is 115 Å². The lowest BCUT2D eigenvalue weighted by Crippen LogP contribution is -2.10. The highest BCUT2D eigenvalue weighted by Gasteiger charge is 2.20. The maximum atomic E-state index is 6.69. The van der Waals surface area contributed by atoms with Crippen LogP contribution in [0.25, 0.3) is 88.3 Å². The Balaban J connectivity index is 1.01. The third-order valence-corrected chi connectivity index (χ3v) is 11.7. The zero-order chi connectivity index (χ0) is 39.8. The van der Waals surface area contributed by atoms with Gasteiger partial charge in [0, 0.05) is 33.6 Å². The van der Waals surface area contributed by atoms with Crippen LogP contribution in [0.2, 0.25) is 0 Å². The molecular weight excluding hydrogens is 727 g/mol. The Labute approximate surface area is 349 Å². The molecule has 0 spiro atoms. The van der Waals surface area contributed by atoms with Gasteiger partial charge in [-0.2, -0.15) is 0 Å². The van der Waals surface area contributed by atoms with Crippen molar-refractivity contribution in [3.05, 3.63) is 237 Å². The monoisotopic (exact) mass is 765 g/mol. The van der Waals surface area contributed by atoms with Gasteiger partial charge in [0.2, 0.25) is 0 Å². The lowest BCUT2D eigenvalue weighted by atomic mass is 9.97. The summed E-state index contributed by atoms with van der Waals surface area (Å²) in [5.41, 5.74) is 14.4. The van der Waals surface area contributed by atoms with Gasteiger partial charge in [0.1, 0.15) is 11.3 Å². The molecule has 1 heterocycles. The van der Waals surface area contributed by atoms with Gasteiger partial charge >= 0.3 is 0 Å². The summed E-state index contributed by atoms with van der Waals surface area (Å²) in [6.45, 7) is 0. The van der Waals surface area contributed by atoms with Gasteiger partial charge in [0.05, 0.1) is 0 Å². The van der Waals surface area contributed by atoms with E-state index in [9.17, 15) is 0 Å². The van der Waals surface area contributed by atoms with Crippen molar-refractivity contribution in [2.24, 2.45) is 0 Å². The normalized spacial score (nSPS) is 11.3. The molecule has 0 aliphatic heterocycles. The van der Waals surface area contributed by atoms with E-state index in [1.165, 1.54) is 54.9 Å². The minimum atomic E-state index is 0.859. The second-order valence-electron chi connectivity index (χ2n) is 15.3. The maximum absolute atomic E-state index is 6.69. The van der Waals surface area contributed by atoms with Gasteiger partial charge in [0.25, 0.3) is 0 Å². The molecule has 0 fully saturated rings. The average Bonchev–Trinajstić information content (AvgIpc) is 3.73. The minimum Gasteiger partial charge on any atom is -0.455 e. The van der Waals surface area contributed by atoms with Crippen LogP contribution in [0.4, 0.5) is 17.1 Å². The molecule has 282 valence electrons. The molecule has 11 aromatic rings. The summed E-state index contributed by atoms with van der Waals surface area (Å²) in [6.07, 6.45) is 0. The second kappa shape index (κ2) is 15.1. The number of fused-ring (bicyclic) bond motifs is 4. The molecule has 1 aromatic heterocycles. The predicted molar refractivity (Wildman–Crippen MR) is 253 cm³/mol. The molecule has 0 saturated heterocycles. The van der Waals surface area contributed by atoms with E-state index in [1.807, 2.05) is 6.07 Å². The Bertz CT molecular complexity index is 3290. The molecule has 2 nitrogen and oxygen atoms in total. The SMILES string of the molecule is c1ccc(-c2cccc(-c3ccc(N(c4ccc(-c5ccc6c(ccc7ccccc76)c5)cc4)c4cccc(-c5oc6ccccc6c5-c5ccccc5)c4)cc3)c2)cc1. The number of benzene rings is 10. The van der Waals surface area contributed by atoms with Crippen molar-refractivity contribution in [2.45, 2.75) is 0 Å². The molecule has 0 amide bonds. The van der Waals surface area contributed by atoms with E-state index in [1.54, 1.807) is 0 Å². The van der Waals surface area contributed by atoms with Crippen LogP contribution in [-0.4, -0.2) is 0 Å². The van der Waals surface area contributed by atoms with E-state index in [2.05, 4.69) is 235 Å². The van der Waals surface area contributed by atoms with Crippen LogP contribution in [0.15, 0.2) is 241 Å². The largest absolute Gasteiger partial charge is 0.455 e. The summed E-state index contributed by atoms with van der Waals surface area (Å²) >= 11 is 0. The first-order valence-electron chi connectivity index (χ1n) is 20.5. The summed E-state index contributed by atoms with van der Waals surface area (Å²) in [5.74, 6) is 0.859. The minimum absolute atomic E-state index is 0.859. The zero-order valence-electron chi connectivity index (χ0n) is 32.9. The van der Waals surface area contributed by atoms with Crippen molar-refractivity contribution in [2.75, 3.05) is 4.90 Å². The molecule has 10 aromatic carbocycles. The van der Waals surface area contributed by atoms with Crippen LogP contribution in [0.3, 0.4) is 0 Å². The fourth-order valence-corrected chi connectivity index (χ4v) is 8.68. The van der Waals surface area contributed by atoms with E-state index in [0.29, 0.717) is 0 Å². The Hall–Kier alpha value is -7.94. The van der Waals surface area contributed by atoms with E-state index in [-0.39, 0.29) is 0 Å². The van der Waals surface area contributed by atoms with Crippen molar-refractivity contribution >= 4 is 49.6 Å². The number of furan rings is 1. The molecular formula is C58H39NO. The lowest BCUT2D eigenvalue weighted by Gasteiger charge is -2.26. The van der Waals surface area contributed by atoms with Gasteiger partial charge in [-0.3, -0.25) is 0 Å². The molecule has 0 aliphatic carbocycles. The third kappa shape index (κ3) is 6.51. The van der Waals surface area contributed by atoms with Gasteiger partial charge in [0.15, 0.2) is 0 Å². The van der Waals surface area contributed by atoms with Gasteiger partial charge in [-0.1, -0.05) is 182 Å². The van der Waals surface area contributed by atoms with Gasteiger partial charge < -0.3 is 9.32 Å². The number of hydrogen-bond acceptors (Lipinski definition) is 2. The smallest absolute Gasteiger partial charge is 0.143 e. The summed E-state index contributed by atoms with van der Waals surface area (Å²) in [5, 5.41) is 6.16. The predicted octanol–water partition coefficient (Wildman–Crippen LogP) is 16.5. The summed E-state index contributed by atoms with van der Waals surface area (Å²) < 4.78 is 6.69. The summed E-state index contributed by atoms with van der Waals surface area (Å²) in [7, 11) is 0. The van der Waals surface area contributed by atoms with Crippen LogP contribution < -0.4 is 4.90 Å². The van der Waals surface area contributed by atoms with Crippen molar-refractivity contribution in [3.63, 3.8) is 0 Å². The van der Waals surface area contributed by atoms with Crippen LogP contribution in [-0.2, 0) is 0 Å². The summed E-state index contributed by atoms with van der Waals surface area (Å²) in [4.78, 5) is 2.34. The van der Waals surface area contributed by atoms with Crippen molar-refractivity contribution in [1.29, 1.82) is 0 Å². The molecule has 0 radical (unpaired) electrons. The highest BCUT2D eigenvalue weighted by molar-refractivity contribution is 6.08. The molecule has 0 bridgehead atoms. The highest BCUT2D eigenvalue weighted by atomic mass is 16.3. The van der Waals surface area contributed by atoms with E-state index in [4.69, 9.17) is 4.42 Å². The first kappa shape index (κ1) is 35.2. The topological polar surface area (TPSA) is 16.4 Å². The van der Waals surface area contributed by atoms with E-state index in [0.717, 1.165) is 50.5 Å². The number of para-hydroxylation sites is 1. The number of hydrogen-bond donors (Lipinski definition) is 0. The Morgan fingerprint density at radius 1 is 0.267 bits per heavy atom.